The molecule has 0 radical (unpaired) electrons. The van der Waals surface area contributed by atoms with Gasteiger partial charge in [0.25, 0.3) is 5.91 Å². The number of nitrogens with one attached hydrogen (secondary N) is 2. The van der Waals surface area contributed by atoms with E-state index in [-0.39, 0.29) is 16.3 Å². The molecule has 0 fully saturated rings. The minimum Gasteiger partial charge on any atom is -0.322 e. The van der Waals surface area contributed by atoms with Gasteiger partial charge in [-0.25, -0.2) is 8.42 Å². The number of aryl methyl sites for hydroxylation is 1. The van der Waals surface area contributed by atoms with Crippen LogP contribution in [0.2, 0.25) is 5.02 Å². The Kier molecular flexibility index (Phi) is 4.73. The molecule has 0 bridgehead atoms. The van der Waals surface area contributed by atoms with Gasteiger partial charge in [-0.3, -0.25) is 9.52 Å². The molecule has 2 aromatic rings. The Balaban J connectivity index is 2.27. The summed E-state index contributed by atoms with van der Waals surface area (Å²) >= 11 is 6.02. The molecule has 7 heteroatoms. The van der Waals surface area contributed by atoms with Crippen molar-refractivity contribution in [2.75, 3.05) is 16.3 Å². The van der Waals surface area contributed by atoms with Gasteiger partial charge in [0.15, 0.2) is 0 Å². The van der Waals surface area contributed by atoms with Crippen LogP contribution in [0, 0.1) is 6.92 Å². The number of amides is 1. The first-order valence-corrected chi connectivity index (χ1v) is 8.67. The van der Waals surface area contributed by atoms with Crippen LogP contribution in [0.5, 0.6) is 0 Å². The number of sulfonamides is 1. The van der Waals surface area contributed by atoms with E-state index in [2.05, 4.69) is 10.0 Å². The zero-order valence-corrected chi connectivity index (χ0v) is 13.6. The molecule has 0 aliphatic carbocycles. The average Bonchev–Trinajstić information content (AvgIpc) is 2.39. The maximum atomic E-state index is 12.3. The second-order valence-corrected chi connectivity index (χ2v) is 7.05. The summed E-state index contributed by atoms with van der Waals surface area (Å²) in [5, 5.41) is 2.97. The average molecular weight is 339 g/mol. The number of carbonyl (C=O) groups excluding carboxylic acids is 1. The molecule has 22 heavy (non-hydrogen) atoms. The highest BCUT2D eigenvalue weighted by atomic mass is 35.5. The minimum atomic E-state index is -3.42. The zero-order chi connectivity index (χ0) is 16.3. The molecule has 1 amide bonds. The zero-order valence-electron chi connectivity index (χ0n) is 12.1. The van der Waals surface area contributed by atoms with Gasteiger partial charge in [0, 0.05) is 11.4 Å². The molecule has 0 spiro atoms. The van der Waals surface area contributed by atoms with E-state index in [0.717, 1.165) is 11.8 Å². The summed E-state index contributed by atoms with van der Waals surface area (Å²) in [7, 11) is -3.42. The maximum absolute atomic E-state index is 12.3. The van der Waals surface area contributed by atoms with Crippen LogP contribution in [0.1, 0.15) is 15.9 Å². The van der Waals surface area contributed by atoms with Crippen LogP contribution in [0.25, 0.3) is 0 Å². The van der Waals surface area contributed by atoms with Crippen molar-refractivity contribution in [2.45, 2.75) is 6.92 Å². The first-order valence-electron chi connectivity index (χ1n) is 6.40. The summed E-state index contributed by atoms with van der Waals surface area (Å²) in [4.78, 5) is 12.3. The van der Waals surface area contributed by atoms with Crippen molar-refractivity contribution in [3.63, 3.8) is 0 Å². The quantitative estimate of drug-likeness (QED) is 0.898. The van der Waals surface area contributed by atoms with E-state index in [1.165, 1.54) is 18.2 Å². The van der Waals surface area contributed by atoms with Gasteiger partial charge in [0.2, 0.25) is 10.0 Å². The lowest BCUT2D eigenvalue weighted by Gasteiger charge is -2.10. The predicted octanol–water partition coefficient (Wildman–Crippen LogP) is 3.27. The Morgan fingerprint density at radius 2 is 1.82 bits per heavy atom. The van der Waals surface area contributed by atoms with Crippen molar-refractivity contribution in [2.24, 2.45) is 0 Å². The number of hydrogen-bond donors (Lipinski definition) is 2. The summed E-state index contributed by atoms with van der Waals surface area (Å²) in [5.41, 5.74) is 2.12. The van der Waals surface area contributed by atoms with Gasteiger partial charge in [-0.2, -0.15) is 0 Å². The Hall–Kier alpha value is -2.05. The van der Waals surface area contributed by atoms with Crippen LogP contribution in [0.4, 0.5) is 11.4 Å². The van der Waals surface area contributed by atoms with Gasteiger partial charge in [-0.05, 0) is 42.8 Å². The van der Waals surface area contributed by atoms with E-state index >= 15 is 0 Å². The lowest BCUT2D eigenvalue weighted by atomic mass is 10.1. The van der Waals surface area contributed by atoms with Gasteiger partial charge in [-0.15, -0.1) is 0 Å². The molecule has 2 aromatic carbocycles. The third kappa shape index (κ3) is 4.47. The van der Waals surface area contributed by atoms with E-state index in [0.29, 0.717) is 5.69 Å². The monoisotopic (exact) mass is 338 g/mol. The van der Waals surface area contributed by atoms with Crippen molar-refractivity contribution < 1.29 is 13.2 Å². The number of halogens is 1. The van der Waals surface area contributed by atoms with Crippen molar-refractivity contribution in [1.82, 2.24) is 0 Å². The molecule has 116 valence electrons. The summed E-state index contributed by atoms with van der Waals surface area (Å²) < 4.78 is 24.8. The highest BCUT2D eigenvalue weighted by molar-refractivity contribution is 7.92. The van der Waals surface area contributed by atoms with Crippen molar-refractivity contribution in [3.8, 4) is 0 Å². The summed E-state index contributed by atoms with van der Waals surface area (Å²) in [5.74, 6) is -0.409. The first-order chi connectivity index (χ1) is 10.2. The summed E-state index contributed by atoms with van der Waals surface area (Å²) in [6.45, 7) is 1.92. The molecule has 5 nitrogen and oxygen atoms in total. The Morgan fingerprint density at radius 3 is 2.45 bits per heavy atom. The molecular formula is C15H15ClN2O3S. The van der Waals surface area contributed by atoms with Crippen LogP contribution >= 0.6 is 11.6 Å². The Bertz CT molecular complexity index is 819. The lowest BCUT2D eigenvalue weighted by molar-refractivity contribution is 0.102. The van der Waals surface area contributed by atoms with Crippen LogP contribution in [0.15, 0.2) is 42.5 Å². The molecule has 2 rings (SSSR count). The second-order valence-electron chi connectivity index (χ2n) is 4.89. The molecule has 0 heterocycles. The lowest BCUT2D eigenvalue weighted by Crippen LogP contribution is -2.14. The normalized spacial score (nSPS) is 11.0. The topological polar surface area (TPSA) is 75.3 Å². The molecule has 0 aliphatic heterocycles. The van der Waals surface area contributed by atoms with Crippen LogP contribution < -0.4 is 10.0 Å². The fourth-order valence-corrected chi connectivity index (χ4v) is 2.66. The standard InChI is InChI=1S/C15H15ClN2O3S/c1-10-4-3-5-11(8-10)17-15(19)13-9-12(6-7-14(13)16)18-22(2,20)21/h3-9,18H,1-2H3,(H,17,19). The fourth-order valence-electron chi connectivity index (χ4n) is 1.90. The van der Waals surface area contributed by atoms with Gasteiger partial charge >= 0.3 is 0 Å². The molecule has 0 atom stereocenters. The Labute approximate surface area is 134 Å². The van der Waals surface area contributed by atoms with Crippen molar-refractivity contribution in [1.29, 1.82) is 0 Å². The number of anilines is 2. The van der Waals surface area contributed by atoms with Crippen molar-refractivity contribution in [3.05, 3.63) is 58.6 Å². The van der Waals surface area contributed by atoms with Gasteiger partial charge in [-0.1, -0.05) is 23.7 Å². The largest absolute Gasteiger partial charge is 0.322 e. The minimum absolute atomic E-state index is 0.192. The third-order valence-electron chi connectivity index (χ3n) is 2.79. The molecule has 2 N–H and O–H groups in total. The number of hydrogen-bond acceptors (Lipinski definition) is 3. The van der Waals surface area contributed by atoms with E-state index < -0.39 is 15.9 Å². The number of carbonyl (C=O) groups is 1. The van der Waals surface area contributed by atoms with E-state index in [1.54, 1.807) is 6.07 Å². The summed E-state index contributed by atoms with van der Waals surface area (Å²) in [6, 6.07) is 11.7. The van der Waals surface area contributed by atoms with Crippen molar-refractivity contribution >= 4 is 38.9 Å². The predicted molar refractivity (Wildman–Crippen MR) is 89.1 cm³/mol. The molecule has 0 aliphatic rings. The molecule has 0 saturated heterocycles. The van der Waals surface area contributed by atoms with Crippen LogP contribution in [-0.4, -0.2) is 20.6 Å². The third-order valence-corrected chi connectivity index (χ3v) is 3.73. The molecule has 0 aromatic heterocycles. The van der Waals surface area contributed by atoms with E-state index in [1.807, 2.05) is 25.1 Å². The van der Waals surface area contributed by atoms with Crippen LogP contribution in [0.3, 0.4) is 0 Å². The van der Waals surface area contributed by atoms with E-state index in [9.17, 15) is 13.2 Å². The first kappa shape index (κ1) is 16.3. The highest BCUT2D eigenvalue weighted by Crippen LogP contribution is 2.22. The summed E-state index contributed by atoms with van der Waals surface area (Å²) in [6.07, 6.45) is 1.04. The molecular weight excluding hydrogens is 324 g/mol. The highest BCUT2D eigenvalue weighted by Gasteiger charge is 2.13. The molecule has 0 unspecified atom stereocenters. The van der Waals surface area contributed by atoms with Gasteiger partial charge < -0.3 is 5.32 Å². The van der Waals surface area contributed by atoms with Crippen LogP contribution in [-0.2, 0) is 10.0 Å². The fraction of sp³-hybridized carbons (Fsp3) is 0.133. The number of benzene rings is 2. The maximum Gasteiger partial charge on any atom is 0.257 e. The Morgan fingerprint density at radius 1 is 1.09 bits per heavy atom. The smallest absolute Gasteiger partial charge is 0.257 e. The SMILES string of the molecule is Cc1cccc(NC(=O)c2cc(NS(C)(=O)=O)ccc2Cl)c1. The van der Waals surface area contributed by atoms with Gasteiger partial charge in [0.1, 0.15) is 0 Å². The van der Waals surface area contributed by atoms with E-state index in [4.69, 9.17) is 11.6 Å². The number of rotatable bonds is 4. The van der Waals surface area contributed by atoms with Gasteiger partial charge in [0.05, 0.1) is 16.8 Å². The molecule has 0 saturated carbocycles. The second kappa shape index (κ2) is 6.37.